The monoisotopic (exact) mass is 206 g/mol. The summed E-state index contributed by atoms with van der Waals surface area (Å²) in [6.45, 7) is 0. The normalized spacial score (nSPS) is 20.5. The minimum Gasteiger partial charge on any atom is -0.481 e. The highest BCUT2D eigenvalue weighted by molar-refractivity contribution is 5.69. The van der Waals surface area contributed by atoms with Gasteiger partial charge in [0, 0.05) is 23.9 Å². The maximum absolute atomic E-state index is 10.7. The maximum Gasteiger partial charge on any atom is 0.311 e. The Labute approximate surface area is 87.9 Å². The number of rotatable bonds is 4. The Morgan fingerprint density at radius 2 is 2.20 bits per heavy atom. The smallest absolute Gasteiger partial charge is 0.311 e. The number of aliphatic carboxylic acids is 1. The second-order valence-electron chi connectivity index (χ2n) is 4.55. The molecule has 0 bridgehead atoms. The SMILES string of the molecule is O=C(O)Cc1ncc(C2CC2)n1C1CC1. The van der Waals surface area contributed by atoms with E-state index in [1.165, 1.54) is 31.4 Å². The molecule has 0 aromatic carbocycles. The van der Waals surface area contributed by atoms with Gasteiger partial charge in [-0.15, -0.1) is 0 Å². The van der Waals surface area contributed by atoms with Crippen LogP contribution in [0.15, 0.2) is 6.20 Å². The number of carboxylic acids is 1. The van der Waals surface area contributed by atoms with Crippen LogP contribution >= 0.6 is 0 Å². The van der Waals surface area contributed by atoms with Crippen LogP contribution in [0.3, 0.4) is 0 Å². The van der Waals surface area contributed by atoms with Crippen molar-refractivity contribution in [3.05, 3.63) is 17.7 Å². The van der Waals surface area contributed by atoms with Gasteiger partial charge >= 0.3 is 5.97 Å². The summed E-state index contributed by atoms with van der Waals surface area (Å²) in [6, 6.07) is 0.539. The number of nitrogens with zero attached hydrogens (tertiary/aromatic N) is 2. The van der Waals surface area contributed by atoms with E-state index in [2.05, 4.69) is 9.55 Å². The first-order chi connectivity index (χ1) is 7.25. The fraction of sp³-hybridized carbons (Fsp3) is 0.636. The van der Waals surface area contributed by atoms with Crippen molar-refractivity contribution in [2.75, 3.05) is 0 Å². The van der Waals surface area contributed by atoms with Crippen molar-refractivity contribution in [1.29, 1.82) is 0 Å². The molecule has 15 heavy (non-hydrogen) atoms. The van der Waals surface area contributed by atoms with Crippen LogP contribution in [-0.2, 0) is 11.2 Å². The summed E-state index contributed by atoms with van der Waals surface area (Å²) in [6.07, 6.45) is 6.79. The zero-order valence-corrected chi connectivity index (χ0v) is 8.52. The number of carboxylic acid groups (broad SMARTS) is 1. The summed E-state index contributed by atoms with van der Waals surface area (Å²) in [7, 11) is 0. The predicted molar refractivity (Wildman–Crippen MR) is 53.8 cm³/mol. The zero-order chi connectivity index (χ0) is 10.4. The van der Waals surface area contributed by atoms with Crippen molar-refractivity contribution in [3.8, 4) is 0 Å². The summed E-state index contributed by atoms with van der Waals surface area (Å²) in [4.78, 5) is 15.0. The van der Waals surface area contributed by atoms with Crippen LogP contribution in [-0.4, -0.2) is 20.6 Å². The first-order valence-corrected chi connectivity index (χ1v) is 5.53. The molecule has 1 aromatic rings. The van der Waals surface area contributed by atoms with E-state index >= 15 is 0 Å². The molecule has 0 saturated heterocycles. The molecule has 2 fully saturated rings. The third kappa shape index (κ3) is 1.64. The third-order valence-corrected chi connectivity index (χ3v) is 3.12. The Morgan fingerprint density at radius 3 is 2.73 bits per heavy atom. The van der Waals surface area contributed by atoms with E-state index in [-0.39, 0.29) is 6.42 Å². The van der Waals surface area contributed by atoms with Crippen LogP contribution in [0.2, 0.25) is 0 Å². The quantitative estimate of drug-likeness (QED) is 0.816. The van der Waals surface area contributed by atoms with Crippen molar-refractivity contribution in [2.45, 2.75) is 44.1 Å². The van der Waals surface area contributed by atoms with E-state index in [9.17, 15) is 4.79 Å². The summed E-state index contributed by atoms with van der Waals surface area (Å²) in [5.74, 6) is 0.609. The van der Waals surface area contributed by atoms with Gasteiger partial charge in [-0.05, 0) is 25.7 Å². The van der Waals surface area contributed by atoms with E-state index in [0.717, 1.165) is 5.82 Å². The average molecular weight is 206 g/mol. The predicted octanol–water partition coefficient (Wildman–Crippen LogP) is 1.72. The molecule has 2 saturated carbocycles. The summed E-state index contributed by atoms with van der Waals surface area (Å²) < 4.78 is 2.19. The van der Waals surface area contributed by atoms with Gasteiger partial charge in [0.2, 0.25) is 0 Å². The van der Waals surface area contributed by atoms with Crippen molar-refractivity contribution in [2.24, 2.45) is 0 Å². The lowest BCUT2D eigenvalue weighted by atomic mass is 10.3. The van der Waals surface area contributed by atoms with E-state index in [0.29, 0.717) is 12.0 Å². The first-order valence-electron chi connectivity index (χ1n) is 5.53. The van der Waals surface area contributed by atoms with Crippen molar-refractivity contribution in [3.63, 3.8) is 0 Å². The van der Waals surface area contributed by atoms with Gasteiger partial charge in [-0.25, -0.2) is 4.98 Å². The number of imidazole rings is 1. The lowest BCUT2D eigenvalue weighted by Gasteiger charge is -2.08. The van der Waals surface area contributed by atoms with E-state index in [1.807, 2.05) is 6.20 Å². The number of hydrogen-bond acceptors (Lipinski definition) is 2. The van der Waals surface area contributed by atoms with Gasteiger partial charge in [0.1, 0.15) is 12.2 Å². The van der Waals surface area contributed by atoms with Crippen LogP contribution in [0.1, 0.15) is 49.2 Å². The lowest BCUT2D eigenvalue weighted by Crippen LogP contribution is -2.10. The van der Waals surface area contributed by atoms with Gasteiger partial charge in [0.15, 0.2) is 0 Å². The van der Waals surface area contributed by atoms with Gasteiger partial charge in [-0.3, -0.25) is 4.79 Å². The number of aromatic nitrogens is 2. The molecule has 4 heteroatoms. The van der Waals surface area contributed by atoms with Crippen molar-refractivity contribution < 1.29 is 9.90 Å². The van der Waals surface area contributed by atoms with Crippen molar-refractivity contribution >= 4 is 5.97 Å². The molecule has 4 nitrogen and oxygen atoms in total. The molecule has 2 aliphatic rings. The summed E-state index contributed by atoms with van der Waals surface area (Å²) >= 11 is 0. The average Bonchev–Trinajstić information content (AvgIpc) is 3.06. The molecule has 2 aliphatic carbocycles. The summed E-state index contributed by atoms with van der Waals surface area (Å²) in [5, 5.41) is 8.80. The Balaban J connectivity index is 1.94. The van der Waals surface area contributed by atoms with Gasteiger partial charge in [-0.2, -0.15) is 0 Å². The summed E-state index contributed by atoms with van der Waals surface area (Å²) in [5.41, 5.74) is 1.27. The molecule has 80 valence electrons. The van der Waals surface area contributed by atoms with Gasteiger partial charge in [-0.1, -0.05) is 0 Å². The van der Waals surface area contributed by atoms with Gasteiger partial charge in [0.25, 0.3) is 0 Å². The van der Waals surface area contributed by atoms with E-state index in [1.54, 1.807) is 0 Å². The Kier molecular flexibility index (Phi) is 1.84. The Morgan fingerprint density at radius 1 is 1.47 bits per heavy atom. The second-order valence-corrected chi connectivity index (χ2v) is 4.55. The molecule has 1 heterocycles. The van der Waals surface area contributed by atoms with Crippen LogP contribution < -0.4 is 0 Å². The van der Waals surface area contributed by atoms with Crippen LogP contribution in [0.25, 0.3) is 0 Å². The lowest BCUT2D eigenvalue weighted by molar-refractivity contribution is -0.136. The van der Waals surface area contributed by atoms with Gasteiger partial charge in [0.05, 0.1) is 0 Å². The molecular formula is C11H14N2O2. The standard InChI is InChI=1S/C11H14N2O2/c14-11(15)5-10-12-6-9(7-1-2-7)13(10)8-3-4-8/h6-8H,1-5H2,(H,14,15). The topological polar surface area (TPSA) is 55.1 Å². The Hall–Kier alpha value is -1.32. The van der Waals surface area contributed by atoms with Crippen LogP contribution in [0, 0.1) is 0 Å². The molecule has 0 atom stereocenters. The molecule has 0 aliphatic heterocycles. The van der Waals surface area contributed by atoms with E-state index in [4.69, 9.17) is 5.11 Å². The fourth-order valence-corrected chi connectivity index (χ4v) is 2.12. The minimum atomic E-state index is -0.787. The number of hydrogen-bond donors (Lipinski definition) is 1. The molecule has 1 N–H and O–H groups in total. The molecule has 0 amide bonds. The Bertz CT molecular complexity index is 403. The molecule has 0 radical (unpaired) electrons. The highest BCUT2D eigenvalue weighted by Gasteiger charge is 2.34. The zero-order valence-electron chi connectivity index (χ0n) is 8.52. The first kappa shape index (κ1) is 8.95. The van der Waals surface area contributed by atoms with Crippen LogP contribution in [0.4, 0.5) is 0 Å². The molecule has 0 unspecified atom stereocenters. The molecule has 3 rings (SSSR count). The maximum atomic E-state index is 10.7. The highest BCUT2D eigenvalue weighted by Crippen LogP contribution is 2.45. The van der Waals surface area contributed by atoms with E-state index < -0.39 is 5.97 Å². The molecule has 0 spiro atoms. The second kappa shape index (κ2) is 3.08. The number of carbonyl (C=O) groups is 1. The highest BCUT2D eigenvalue weighted by atomic mass is 16.4. The minimum absolute atomic E-state index is 0.0587. The largest absolute Gasteiger partial charge is 0.481 e. The van der Waals surface area contributed by atoms with Crippen molar-refractivity contribution in [1.82, 2.24) is 9.55 Å². The molecule has 1 aromatic heterocycles. The van der Waals surface area contributed by atoms with Gasteiger partial charge < -0.3 is 9.67 Å². The van der Waals surface area contributed by atoms with Crippen LogP contribution in [0.5, 0.6) is 0 Å². The molecular weight excluding hydrogens is 192 g/mol. The fourth-order valence-electron chi connectivity index (χ4n) is 2.12. The third-order valence-electron chi connectivity index (χ3n) is 3.12.